The van der Waals surface area contributed by atoms with Crippen LogP contribution < -0.4 is 15.5 Å². The zero-order valence-corrected chi connectivity index (χ0v) is 18.9. The highest BCUT2D eigenvalue weighted by atomic mass is 35.5. The van der Waals surface area contributed by atoms with E-state index in [1.807, 2.05) is 12.1 Å². The van der Waals surface area contributed by atoms with Crippen LogP contribution in [-0.2, 0) is 0 Å². The van der Waals surface area contributed by atoms with Gasteiger partial charge in [0.2, 0.25) is 0 Å². The maximum atomic E-state index is 12.4. The van der Waals surface area contributed by atoms with Gasteiger partial charge < -0.3 is 15.1 Å². The van der Waals surface area contributed by atoms with E-state index in [0.717, 1.165) is 38.4 Å². The van der Waals surface area contributed by atoms with Crippen LogP contribution in [0.25, 0.3) is 0 Å². The fourth-order valence-corrected chi connectivity index (χ4v) is 3.94. The Bertz CT molecular complexity index is 1010. The fourth-order valence-electron chi connectivity index (χ4n) is 3.43. The number of nitro groups is 1. The first-order valence-corrected chi connectivity index (χ1v) is 10.7. The van der Waals surface area contributed by atoms with Crippen molar-refractivity contribution in [1.82, 2.24) is 10.2 Å². The monoisotopic (exact) mass is 461 g/mol. The number of thiocarbonyl (C=S) groups is 1. The minimum atomic E-state index is -0.530. The number of carbonyl (C=O) groups is 1. The molecule has 0 bridgehead atoms. The average molecular weight is 462 g/mol. The number of piperazine rings is 1. The molecule has 1 aliphatic heterocycles. The Labute approximate surface area is 191 Å². The number of nitrogens with zero attached hydrogens (tertiary/aromatic N) is 3. The number of nitro benzene ring substituents is 1. The maximum absolute atomic E-state index is 12.4. The molecule has 0 unspecified atom stereocenters. The molecule has 0 saturated carbocycles. The van der Waals surface area contributed by atoms with Gasteiger partial charge in [-0.2, -0.15) is 0 Å². The topological polar surface area (TPSA) is 90.8 Å². The van der Waals surface area contributed by atoms with E-state index in [0.29, 0.717) is 16.3 Å². The van der Waals surface area contributed by atoms with E-state index in [9.17, 15) is 14.9 Å². The highest BCUT2D eigenvalue weighted by molar-refractivity contribution is 7.80. The summed E-state index contributed by atoms with van der Waals surface area (Å²) in [6.07, 6.45) is 0. The van der Waals surface area contributed by atoms with Crippen molar-refractivity contribution in [3.63, 3.8) is 0 Å². The van der Waals surface area contributed by atoms with Crippen LogP contribution in [0.15, 0.2) is 36.4 Å². The minimum Gasteiger partial charge on any atom is -0.368 e. The van der Waals surface area contributed by atoms with Crippen LogP contribution in [0.3, 0.4) is 0 Å². The minimum absolute atomic E-state index is 0.0774. The molecule has 1 fully saturated rings. The second-order valence-electron chi connectivity index (χ2n) is 7.25. The lowest BCUT2D eigenvalue weighted by atomic mass is 10.1. The predicted octanol–water partition coefficient (Wildman–Crippen LogP) is 3.83. The lowest BCUT2D eigenvalue weighted by Gasteiger charge is -2.36. The molecule has 2 aromatic rings. The van der Waals surface area contributed by atoms with Gasteiger partial charge in [-0.05, 0) is 50.0 Å². The number of hydrogen-bond donors (Lipinski definition) is 2. The summed E-state index contributed by atoms with van der Waals surface area (Å²) in [5.41, 5.74) is 2.12. The molecule has 8 nitrogen and oxygen atoms in total. The number of aryl methyl sites for hydroxylation is 1. The van der Waals surface area contributed by atoms with Gasteiger partial charge in [-0.1, -0.05) is 24.6 Å². The zero-order valence-electron chi connectivity index (χ0n) is 17.4. The molecular formula is C21H24ClN5O3S. The van der Waals surface area contributed by atoms with Crippen LogP contribution in [0.5, 0.6) is 0 Å². The number of halogens is 1. The molecule has 2 aromatic carbocycles. The van der Waals surface area contributed by atoms with E-state index in [1.165, 1.54) is 18.2 Å². The number of carbonyl (C=O) groups excluding carboxylic acids is 1. The molecule has 3 rings (SSSR count). The number of hydrogen-bond acceptors (Lipinski definition) is 6. The zero-order chi connectivity index (χ0) is 22.5. The molecule has 164 valence electrons. The van der Waals surface area contributed by atoms with Crippen molar-refractivity contribution in [2.24, 2.45) is 0 Å². The quantitative estimate of drug-likeness (QED) is 0.397. The van der Waals surface area contributed by atoms with Gasteiger partial charge in [0.15, 0.2) is 5.11 Å². The lowest BCUT2D eigenvalue weighted by molar-refractivity contribution is -0.385. The molecule has 0 atom stereocenters. The second kappa shape index (κ2) is 10.0. The van der Waals surface area contributed by atoms with Gasteiger partial charge in [-0.25, -0.2) is 0 Å². The number of anilines is 2. The standard InChI is InChI=1S/C21H24ClN5O3S/c1-3-25-8-10-26(11-9-25)18-7-6-16(13-17(18)22)23-21(31)24-20(28)15-5-4-14(2)19(12-15)27(29)30/h4-7,12-13H,3,8-11H2,1-2H3,(H2,23,24,28,31). The van der Waals surface area contributed by atoms with Crippen molar-refractivity contribution in [1.29, 1.82) is 0 Å². The first kappa shape index (κ1) is 22.9. The summed E-state index contributed by atoms with van der Waals surface area (Å²) in [5.74, 6) is -0.530. The summed E-state index contributed by atoms with van der Waals surface area (Å²) < 4.78 is 0. The SMILES string of the molecule is CCN1CCN(c2ccc(NC(=S)NC(=O)c3ccc(C)c([N+](=O)[O-])c3)cc2Cl)CC1. The number of likely N-dealkylation sites (N-methyl/N-ethyl adjacent to an activating group) is 1. The van der Waals surface area contributed by atoms with Gasteiger partial charge in [0, 0.05) is 49.1 Å². The van der Waals surface area contributed by atoms with Crippen molar-refractivity contribution in [2.45, 2.75) is 13.8 Å². The first-order valence-electron chi connectivity index (χ1n) is 9.92. The summed E-state index contributed by atoms with van der Waals surface area (Å²) in [7, 11) is 0. The number of amides is 1. The molecule has 0 radical (unpaired) electrons. The van der Waals surface area contributed by atoms with Crippen molar-refractivity contribution in [3.05, 3.63) is 62.7 Å². The van der Waals surface area contributed by atoms with Crippen LogP contribution in [0, 0.1) is 17.0 Å². The van der Waals surface area contributed by atoms with Crippen LogP contribution in [0.4, 0.5) is 17.1 Å². The Morgan fingerprint density at radius 3 is 2.52 bits per heavy atom. The van der Waals surface area contributed by atoms with Crippen LogP contribution in [0.2, 0.25) is 5.02 Å². The largest absolute Gasteiger partial charge is 0.368 e. The maximum Gasteiger partial charge on any atom is 0.273 e. The van der Waals surface area contributed by atoms with Gasteiger partial charge in [0.25, 0.3) is 11.6 Å². The van der Waals surface area contributed by atoms with E-state index in [-0.39, 0.29) is 16.4 Å². The van der Waals surface area contributed by atoms with E-state index < -0.39 is 10.8 Å². The molecule has 0 aliphatic carbocycles. The average Bonchev–Trinajstić information content (AvgIpc) is 2.74. The van der Waals surface area contributed by atoms with Crippen molar-refractivity contribution >= 4 is 51.9 Å². The first-order chi connectivity index (χ1) is 14.8. The molecule has 1 amide bonds. The van der Waals surface area contributed by atoms with Crippen molar-refractivity contribution in [2.75, 3.05) is 42.9 Å². The molecule has 31 heavy (non-hydrogen) atoms. The highest BCUT2D eigenvalue weighted by Gasteiger charge is 2.19. The highest BCUT2D eigenvalue weighted by Crippen LogP contribution is 2.29. The van der Waals surface area contributed by atoms with Gasteiger partial charge >= 0.3 is 0 Å². The fraction of sp³-hybridized carbons (Fsp3) is 0.333. The van der Waals surface area contributed by atoms with Crippen molar-refractivity contribution in [3.8, 4) is 0 Å². The molecular weight excluding hydrogens is 438 g/mol. The smallest absolute Gasteiger partial charge is 0.273 e. The third-order valence-electron chi connectivity index (χ3n) is 5.26. The van der Waals surface area contributed by atoms with Gasteiger partial charge in [-0.15, -0.1) is 0 Å². The number of benzene rings is 2. The van der Waals surface area contributed by atoms with Crippen LogP contribution >= 0.6 is 23.8 Å². The van der Waals surface area contributed by atoms with E-state index in [4.69, 9.17) is 23.8 Å². The molecule has 1 aliphatic rings. The summed E-state index contributed by atoms with van der Waals surface area (Å²) in [5, 5.41) is 17.2. The Hall–Kier alpha value is -2.75. The lowest BCUT2D eigenvalue weighted by Crippen LogP contribution is -2.46. The summed E-state index contributed by atoms with van der Waals surface area (Å²) in [4.78, 5) is 27.6. The Morgan fingerprint density at radius 1 is 1.19 bits per heavy atom. The molecule has 1 heterocycles. The van der Waals surface area contributed by atoms with Crippen molar-refractivity contribution < 1.29 is 9.72 Å². The predicted molar refractivity (Wildman–Crippen MR) is 127 cm³/mol. The number of rotatable bonds is 5. The molecule has 2 N–H and O–H groups in total. The van der Waals surface area contributed by atoms with Gasteiger partial charge in [-0.3, -0.25) is 20.2 Å². The summed E-state index contributed by atoms with van der Waals surface area (Å²) >= 11 is 11.7. The summed E-state index contributed by atoms with van der Waals surface area (Å²) in [6, 6.07) is 9.82. The normalized spacial score (nSPS) is 14.2. The Morgan fingerprint density at radius 2 is 1.90 bits per heavy atom. The Kier molecular flexibility index (Phi) is 7.42. The molecule has 0 aromatic heterocycles. The third-order valence-corrected chi connectivity index (χ3v) is 5.77. The van der Waals surface area contributed by atoms with E-state index in [2.05, 4.69) is 27.4 Å². The van der Waals surface area contributed by atoms with Crippen LogP contribution in [-0.4, -0.2) is 53.6 Å². The molecule has 1 saturated heterocycles. The Balaban J connectivity index is 1.62. The van der Waals surface area contributed by atoms with Gasteiger partial charge in [0.05, 0.1) is 15.6 Å². The van der Waals surface area contributed by atoms with Gasteiger partial charge in [0.1, 0.15) is 0 Å². The van der Waals surface area contributed by atoms with E-state index in [1.54, 1.807) is 13.0 Å². The molecule has 0 spiro atoms. The summed E-state index contributed by atoms with van der Waals surface area (Å²) in [6.45, 7) is 8.65. The third kappa shape index (κ3) is 5.69. The number of nitrogens with one attached hydrogen (secondary N) is 2. The molecule has 10 heteroatoms. The second-order valence-corrected chi connectivity index (χ2v) is 8.07. The van der Waals surface area contributed by atoms with Crippen LogP contribution in [0.1, 0.15) is 22.8 Å². The van der Waals surface area contributed by atoms with E-state index >= 15 is 0 Å².